The first kappa shape index (κ1) is 10.6. The second-order valence-corrected chi connectivity index (χ2v) is 3.82. The van der Waals surface area contributed by atoms with Crippen LogP contribution in [0.15, 0.2) is 10.7 Å². The van der Waals surface area contributed by atoms with Crippen LogP contribution in [0.5, 0.6) is 0 Å². The van der Waals surface area contributed by atoms with Crippen molar-refractivity contribution in [2.45, 2.75) is 6.54 Å². The van der Waals surface area contributed by atoms with Gasteiger partial charge in [-0.05, 0) is 14.1 Å². The molecule has 0 unspecified atom stereocenters. The van der Waals surface area contributed by atoms with E-state index < -0.39 is 0 Å². The van der Waals surface area contributed by atoms with E-state index in [1.807, 2.05) is 19.0 Å². The minimum absolute atomic E-state index is 0.405. The van der Waals surface area contributed by atoms with Gasteiger partial charge in [0.2, 0.25) is 0 Å². The summed E-state index contributed by atoms with van der Waals surface area (Å²) in [6.07, 6.45) is 1.61. The third-order valence-corrected chi connectivity index (χ3v) is 2.14. The summed E-state index contributed by atoms with van der Waals surface area (Å²) in [5.41, 5.74) is 6.47. The highest BCUT2D eigenvalue weighted by atomic mass is 16.5. The Balaban J connectivity index is 2.28. The van der Waals surface area contributed by atoms with Crippen LogP contribution in [0.3, 0.4) is 0 Å². The van der Waals surface area contributed by atoms with E-state index in [9.17, 15) is 0 Å². The van der Waals surface area contributed by atoms with Gasteiger partial charge in [-0.1, -0.05) is 5.16 Å². The highest BCUT2D eigenvalue weighted by molar-refractivity contribution is 5.66. The van der Waals surface area contributed by atoms with Crippen molar-refractivity contribution in [3.63, 3.8) is 0 Å². The van der Waals surface area contributed by atoms with Crippen molar-refractivity contribution in [2.24, 2.45) is 7.05 Å². The molecule has 0 aliphatic carbocycles. The van der Waals surface area contributed by atoms with E-state index in [0.717, 1.165) is 0 Å². The Morgan fingerprint density at radius 3 is 2.81 bits per heavy atom. The Hall–Kier alpha value is -1.89. The highest BCUT2D eigenvalue weighted by Gasteiger charge is 2.14. The van der Waals surface area contributed by atoms with Crippen molar-refractivity contribution in [1.29, 1.82) is 0 Å². The molecule has 0 amide bonds. The van der Waals surface area contributed by atoms with Gasteiger partial charge in [0.25, 0.3) is 5.89 Å². The molecule has 16 heavy (non-hydrogen) atoms. The summed E-state index contributed by atoms with van der Waals surface area (Å²) < 4.78 is 6.69. The zero-order chi connectivity index (χ0) is 11.7. The Morgan fingerprint density at radius 1 is 1.50 bits per heavy atom. The third kappa shape index (κ3) is 1.89. The number of rotatable bonds is 3. The fourth-order valence-electron chi connectivity index (χ4n) is 1.32. The van der Waals surface area contributed by atoms with E-state index in [0.29, 0.717) is 29.6 Å². The molecule has 2 rings (SSSR count). The van der Waals surface area contributed by atoms with Gasteiger partial charge in [0.15, 0.2) is 5.82 Å². The molecule has 0 bridgehead atoms. The third-order valence-electron chi connectivity index (χ3n) is 2.14. The molecule has 7 heteroatoms. The molecule has 2 aromatic heterocycles. The van der Waals surface area contributed by atoms with Gasteiger partial charge < -0.3 is 15.2 Å². The standard InChI is InChI=1S/C9H14N6O/c1-14(2)5-7-12-9(16-13-7)6-4-11-15(3)8(6)10/h4H,5,10H2,1-3H3. The Labute approximate surface area is 92.8 Å². The molecule has 0 saturated carbocycles. The lowest BCUT2D eigenvalue weighted by Gasteiger charge is -2.03. The summed E-state index contributed by atoms with van der Waals surface area (Å²) in [4.78, 5) is 6.20. The molecule has 0 aliphatic heterocycles. The van der Waals surface area contributed by atoms with Crippen LogP contribution in [0.1, 0.15) is 5.82 Å². The average molecular weight is 222 g/mol. The van der Waals surface area contributed by atoms with E-state index in [-0.39, 0.29) is 0 Å². The van der Waals surface area contributed by atoms with E-state index in [1.165, 1.54) is 0 Å². The average Bonchev–Trinajstić information content (AvgIpc) is 2.75. The normalized spacial score (nSPS) is 11.2. The van der Waals surface area contributed by atoms with Crippen LogP contribution in [0, 0.1) is 0 Å². The van der Waals surface area contributed by atoms with Crippen molar-refractivity contribution in [3.8, 4) is 11.5 Å². The lowest BCUT2D eigenvalue weighted by molar-refractivity contribution is 0.365. The predicted octanol–water partition coefficient (Wildman–Crippen LogP) is 0.114. The Morgan fingerprint density at radius 2 is 2.25 bits per heavy atom. The summed E-state index contributed by atoms with van der Waals surface area (Å²) in [5, 5.41) is 7.88. The quantitative estimate of drug-likeness (QED) is 0.793. The van der Waals surface area contributed by atoms with Crippen molar-refractivity contribution < 1.29 is 4.52 Å². The molecule has 0 atom stereocenters. The first-order valence-electron chi connectivity index (χ1n) is 4.83. The number of nitrogens with zero attached hydrogens (tertiary/aromatic N) is 5. The SMILES string of the molecule is CN(C)Cc1noc(-c2cnn(C)c2N)n1. The molecule has 0 aromatic carbocycles. The van der Waals surface area contributed by atoms with E-state index >= 15 is 0 Å². The van der Waals surface area contributed by atoms with Crippen LogP contribution >= 0.6 is 0 Å². The summed E-state index contributed by atoms with van der Waals surface area (Å²) in [6, 6.07) is 0. The number of nitrogens with two attached hydrogens (primary N) is 1. The minimum Gasteiger partial charge on any atom is -0.383 e. The van der Waals surface area contributed by atoms with Crippen molar-refractivity contribution in [1.82, 2.24) is 24.8 Å². The van der Waals surface area contributed by atoms with Crippen LogP contribution in [0.2, 0.25) is 0 Å². The number of hydrogen-bond donors (Lipinski definition) is 1. The molecule has 0 saturated heterocycles. The fourth-order valence-corrected chi connectivity index (χ4v) is 1.32. The number of aromatic nitrogens is 4. The maximum atomic E-state index is 5.81. The monoisotopic (exact) mass is 222 g/mol. The Bertz CT molecular complexity index is 486. The summed E-state index contributed by atoms with van der Waals surface area (Å²) >= 11 is 0. The lowest BCUT2D eigenvalue weighted by atomic mass is 10.3. The van der Waals surface area contributed by atoms with E-state index in [2.05, 4.69) is 15.2 Å². The molecular formula is C9H14N6O. The van der Waals surface area contributed by atoms with Gasteiger partial charge >= 0.3 is 0 Å². The number of aryl methyl sites for hydroxylation is 1. The highest BCUT2D eigenvalue weighted by Crippen LogP contribution is 2.22. The van der Waals surface area contributed by atoms with Crippen LogP contribution < -0.4 is 5.73 Å². The van der Waals surface area contributed by atoms with Crippen molar-refractivity contribution in [3.05, 3.63) is 12.0 Å². The van der Waals surface area contributed by atoms with Crippen LogP contribution in [0.4, 0.5) is 5.82 Å². The van der Waals surface area contributed by atoms with Gasteiger partial charge in [-0.15, -0.1) is 0 Å². The summed E-state index contributed by atoms with van der Waals surface area (Å²) in [6.45, 7) is 0.629. The van der Waals surface area contributed by atoms with Crippen LogP contribution in [-0.2, 0) is 13.6 Å². The largest absolute Gasteiger partial charge is 0.383 e. The number of nitrogen functional groups attached to an aromatic ring is 1. The maximum Gasteiger partial charge on any atom is 0.263 e. The summed E-state index contributed by atoms with van der Waals surface area (Å²) in [5.74, 6) is 1.55. The fraction of sp³-hybridized carbons (Fsp3) is 0.444. The van der Waals surface area contributed by atoms with Crippen LogP contribution in [0.25, 0.3) is 11.5 Å². The van der Waals surface area contributed by atoms with Gasteiger partial charge in [0.05, 0.1) is 12.7 Å². The maximum absolute atomic E-state index is 5.81. The number of anilines is 1. The molecule has 2 N–H and O–H groups in total. The van der Waals surface area contributed by atoms with Gasteiger partial charge in [-0.3, -0.25) is 4.68 Å². The van der Waals surface area contributed by atoms with Crippen molar-refractivity contribution in [2.75, 3.05) is 19.8 Å². The molecule has 7 nitrogen and oxygen atoms in total. The molecule has 86 valence electrons. The van der Waals surface area contributed by atoms with Crippen LogP contribution in [-0.4, -0.2) is 38.9 Å². The first-order valence-corrected chi connectivity index (χ1v) is 4.83. The second-order valence-electron chi connectivity index (χ2n) is 3.82. The number of hydrogen-bond acceptors (Lipinski definition) is 6. The zero-order valence-corrected chi connectivity index (χ0v) is 9.51. The van der Waals surface area contributed by atoms with Gasteiger partial charge in [-0.25, -0.2) is 0 Å². The Kier molecular flexibility index (Phi) is 2.61. The first-order chi connectivity index (χ1) is 7.58. The molecule has 0 aliphatic rings. The molecule has 2 heterocycles. The second kappa shape index (κ2) is 3.93. The van der Waals surface area contributed by atoms with Gasteiger partial charge in [0, 0.05) is 7.05 Å². The zero-order valence-electron chi connectivity index (χ0n) is 9.51. The van der Waals surface area contributed by atoms with Gasteiger partial charge in [0.1, 0.15) is 11.4 Å². The van der Waals surface area contributed by atoms with E-state index in [1.54, 1.807) is 17.9 Å². The smallest absolute Gasteiger partial charge is 0.263 e. The lowest BCUT2D eigenvalue weighted by Crippen LogP contribution is -2.11. The molecule has 0 spiro atoms. The topological polar surface area (TPSA) is 86.0 Å². The van der Waals surface area contributed by atoms with Crippen molar-refractivity contribution >= 4 is 5.82 Å². The molecular weight excluding hydrogens is 208 g/mol. The predicted molar refractivity (Wildman–Crippen MR) is 58.3 cm³/mol. The molecule has 2 aromatic rings. The van der Waals surface area contributed by atoms with E-state index in [4.69, 9.17) is 10.3 Å². The molecule has 0 fully saturated rings. The minimum atomic E-state index is 0.405. The van der Waals surface area contributed by atoms with Gasteiger partial charge in [-0.2, -0.15) is 10.1 Å². The summed E-state index contributed by atoms with van der Waals surface area (Å²) in [7, 11) is 5.64. The molecule has 0 radical (unpaired) electrons.